The molecule has 0 saturated heterocycles. The van der Waals surface area contributed by atoms with Crippen molar-refractivity contribution in [1.29, 1.82) is 0 Å². The molecule has 1 aliphatic rings. The molecule has 0 aromatic heterocycles. The minimum absolute atomic E-state index is 0.0538. The van der Waals surface area contributed by atoms with Crippen molar-refractivity contribution in [3.05, 3.63) is 41.3 Å². The van der Waals surface area contributed by atoms with Crippen LogP contribution in [0.15, 0.2) is 46.2 Å². The Labute approximate surface area is 165 Å². The third-order valence-electron chi connectivity index (χ3n) is 6.25. The van der Waals surface area contributed by atoms with E-state index in [4.69, 9.17) is 4.43 Å². The number of hydrogen-bond acceptors (Lipinski definition) is 4. The summed E-state index contributed by atoms with van der Waals surface area (Å²) in [4.78, 5) is 0.570. The average Bonchev–Trinajstić information content (AvgIpc) is 2.67. The van der Waals surface area contributed by atoms with Crippen LogP contribution in [0.2, 0.25) is 18.1 Å². The Bertz CT molecular complexity index is 778. The molecule has 4 nitrogen and oxygen atoms in total. The lowest BCUT2D eigenvalue weighted by Crippen LogP contribution is -2.47. The molecule has 1 aromatic rings. The van der Waals surface area contributed by atoms with Crippen LogP contribution in [0.4, 0.5) is 0 Å². The second-order valence-electron chi connectivity index (χ2n) is 9.21. The highest BCUT2D eigenvalue weighted by atomic mass is 32.2. The van der Waals surface area contributed by atoms with Gasteiger partial charge in [0, 0.05) is 11.8 Å². The lowest BCUT2D eigenvalue weighted by Gasteiger charge is -2.41. The van der Waals surface area contributed by atoms with Gasteiger partial charge in [-0.25, -0.2) is 8.42 Å². The van der Waals surface area contributed by atoms with Gasteiger partial charge in [-0.2, -0.15) is 0 Å². The smallest absolute Gasteiger partial charge is 0.202 e. The molecule has 0 fully saturated rings. The SMILES string of the molecule is C[C@H]1[C@H](O)[C@H](C)C(S(=O)(=O)c2ccccc2)=CC[C@H]1O[Si](C)(C)C(C)(C)C. The summed E-state index contributed by atoms with van der Waals surface area (Å²) >= 11 is 0. The lowest BCUT2D eigenvalue weighted by atomic mass is 9.91. The van der Waals surface area contributed by atoms with E-state index in [-0.39, 0.29) is 22.0 Å². The van der Waals surface area contributed by atoms with Gasteiger partial charge < -0.3 is 9.53 Å². The standard InChI is InChI=1S/C21H34O4SSi/c1-15-18(25-27(6,7)21(3,4)5)13-14-19(16(2)20(15)22)26(23,24)17-11-9-8-10-12-17/h8-12,14-16,18,20,22H,13H2,1-7H3/t15-,16-,18-,20+/m1/s1. The summed E-state index contributed by atoms with van der Waals surface area (Å²) in [5.41, 5.74) is 0. The first-order chi connectivity index (χ1) is 12.3. The quantitative estimate of drug-likeness (QED) is 0.726. The van der Waals surface area contributed by atoms with Gasteiger partial charge in [0.05, 0.1) is 22.0 Å². The molecule has 4 atom stereocenters. The molecule has 0 amide bonds. The molecular formula is C21H34O4SSi. The Morgan fingerprint density at radius 1 is 1.11 bits per heavy atom. The van der Waals surface area contributed by atoms with Crippen LogP contribution in [0.3, 0.4) is 0 Å². The minimum atomic E-state index is -3.63. The van der Waals surface area contributed by atoms with Gasteiger partial charge in [-0.3, -0.25) is 0 Å². The van der Waals surface area contributed by atoms with Crippen molar-refractivity contribution < 1.29 is 18.0 Å². The van der Waals surface area contributed by atoms with Crippen LogP contribution in [0, 0.1) is 11.8 Å². The van der Waals surface area contributed by atoms with Crippen LogP contribution >= 0.6 is 0 Å². The first-order valence-corrected chi connectivity index (χ1v) is 14.0. The van der Waals surface area contributed by atoms with Crippen molar-refractivity contribution in [3.63, 3.8) is 0 Å². The van der Waals surface area contributed by atoms with E-state index in [9.17, 15) is 13.5 Å². The average molecular weight is 411 g/mol. The normalized spacial score (nSPS) is 27.8. The zero-order chi connectivity index (χ0) is 20.6. The fraction of sp³-hybridized carbons (Fsp3) is 0.619. The maximum absolute atomic E-state index is 13.1. The second kappa shape index (κ2) is 7.82. The summed E-state index contributed by atoms with van der Waals surface area (Å²) in [7, 11) is -5.66. The Morgan fingerprint density at radius 3 is 2.19 bits per heavy atom. The number of aliphatic hydroxyl groups excluding tert-OH is 1. The summed E-state index contributed by atoms with van der Waals surface area (Å²) in [5.74, 6) is -0.618. The summed E-state index contributed by atoms with van der Waals surface area (Å²) in [6, 6.07) is 8.44. The third-order valence-corrected chi connectivity index (χ3v) is 12.8. The van der Waals surface area contributed by atoms with E-state index in [1.54, 1.807) is 43.3 Å². The number of benzene rings is 1. The summed E-state index contributed by atoms with van der Waals surface area (Å²) in [6.07, 6.45) is 1.31. The van der Waals surface area contributed by atoms with Crippen LogP contribution < -0.4 is 0 Å². The molecule has 0 bridgehead atoms. The van der Waals surface area contributed by atoms with E-state index in [1.807, 2.05) is 6.92 Å². The molecule has 0 spiro atoms. The molecule has 0 aliphatic heterocycles. The van der Waals surface area contributed by atoms with Crippen molar-refractivity contribution >= 4 is 18.2 Å². The first kappa shape index (κ1) is 22.3. The summed E-state index contributed by atoms with van der Waals surface area (Å²) in [6.45, 7) is 14.7. The highest BCUT2D eigenvalue weighted by Gasteiger charge is 2.43. The summed E-state index contributed by atoms with van der Waals surface area (Å²) < 4.78 is 32.8. The number of aliphatic hydroxyl groups is 1. The van der Waals surface area contributed by atoms with E-state index in [0.717, 1.165) is 0 Å². The molecule has 0 radical (unpaired) electrons. The van der Waals surface area contributed by atoms with Gasteiger partial charge in [0.2, 0.25) is 9.84 Å². The van der Waals surface area contributed by atoms with Crippen LogP contribution in [0.1, 0.15) is 41.0 Å². The molecule has 0 heterocycles. The molecular weight excluding hydrogens is 376 g/mol. The number of hydrogen-bond donors (Lipinski definition) is 1. The van der Waals surface area contributed by atoms with Crippen LogP contribution in [-0.2, 0) is 14.3 Å². The highest BCUT2D eigenvalue weighted by Crippen LogP contribution is 2.41. The van der Waals surface area contributed by atoms with E-state index in [1.165, 1.54) is 0 Å². The topological polar surface area (TPSA) is 63.6 Å². The lowest BCUT2D eigenvalue weighted by molar-refractivity contribution is 0.0149. The molecule has 2 rings (SSSR count). The van der Waals surface area contributed by atoms with Gasteiger partial charge in [-0.05, 0) is 36.7 Å². The zero-order valence-corrected chi connectivity index (χ0v) is 19.4. The highest BCUT2D eigenvalue weighted by molar-refractivity contribution is 7.95. The molecule has 27 heavy (non-hydrogen) atoms. The van der Waals surface area contributed by atoms with Gasteiger partial charge in [-0.15, -0.1) is 0 Å². The molecule has 0 unspecified atom stereocenters. The first-order valence-electron chi connectivity index (χ1n) is 9.65. The summed E-state index contributed by atoms with van der Waals surface area (Å²) in [5, 5.41) is 11.0. The van der Waals surface area contributed by atoms with Gasteiger partial charge in [-0.1, -0.05) is 58.9 Å². The Balaban J connectivity index is 2.39. The zero-order valence-electron chi connectivity index (χ0n) is 17.6. The maximum Gasteiger partial charge on any atom is 0.202 e. The van der Waals surface area contributed by atoms with Gasteiger partial charge in [0.1, 0.15) is 0 Å². The second-order valence-corrected chi connectivity index (χ2v) is 15.9. The molecule has 6 heteroatoms. The number of sulfone groups is 1. The molecule has 152 valence electrons. The van der Waals surface area contributed by atoms with Crippen molar-refractivity contribution in [2.45, 2.75) is 76.3 Å². The predicted octanol–water partition coefficient (Wildman–Crippen LogP) is 4.77. The van der Waals surface area contributed by atoms with Crippen molar-refractivity contribution in [2.24, 2.45) is 11.8 Å². The molecule has 1 N–H and O–H groups in total. The Hall–Kier alpha value is -0.953. The van der Waals surface area contributed by atoms with E-state index in [0.29, 0.717) is 11.3 Å². The largest absolute Gasteiger partial charge is 0.413 e. The monoisotopic (exact) mass is 410 g/mol. The van der Waals surface area contributed by atoms with Crippen molar-refractivity contribution in [1.82, 2.24) is 0 Å². The van der Waals surface area contributed by atoms with Gasteiger partial charge in [0.15, 0.2) is 8.32 Å². The van der Waals surface area contributed by atoms with Crippen molar-refractivity contribution in [3.8, 4) is 0 Å². The van der Waals surface area contributed by atoms with Crippen molar-refractivity contribution in [2.75, 3.05) is 0 Å². The molecule has 0 saturated carbocycles. The predicted molar refractivity (Wildman–Crippen MR) is 113 cm³/mol. The number of rotatable bonds is 4. The molecule has 1 aliphatic carbocycles. The molecule has 1 aromatic carbocycles. The minimum Gasteiger partial charge on any atom is -0.413 e. The maximum atomic E-state index is 13.1. The third kappa shape index (κ3) is 4.55. The van der Waals surface area contributed by atoms with E-state index in [2.05, 4.69) is 33.9 Å². The van der Waals surface area contributed by atoms with E-state index >= 15 is 0 Å². The fourth-order valence-electron chi connectivity index (χ4n) is 3.28. The van der Waals surface area contributed by atoms with Crippen LogP contribution in [0.25, 0.3) is 0 Å². The van der Waals surface area contributed by atoms with Crippen LogP contribution in [-0.4, -0.2) is 34.0 Å². The fourth-order valence-corrected chi connectivity index (χ4v) is 6.43. The Kier molecular flexibility index (Phi) is 6.47. The van der Waals surface area contributed by atoms with Gasteiger partial charge >= 0.3 is 0 Å². The van der Waals surface area contributed by atoms with E-state index < -0.39 is 30.2 Å². The van der Waals surface area contributed by atoms with Crippen LogP contribution in [0.5, 0.6) is 0 Å². The Morgan fingerprint density at radius 2 is 1.67 bits per heavy atom. The van der Waals surface area contributed by atoms with Gasteiger partial charge in [0.25, 0.3) is 0 Å².